The molecule has 0 N–H and O–H groups in total. The summed E-state index contributed by atoms with van der Waals surface area (Å²) in [4.78, 5) is 0. The van der Waals surface area contributed by atoms with Crippen molar-refractivity contribution in [2.45, 2.75) is 51.6 Å². The molecule has 0 aliphatic rings. The first-order chi connectivity index (χ1) is 19.9. The minimum Gasteiger partial charge on any atom is -0.206 e. The Balaban J connectivity index is 1.50. The second-order valence-corrected chi connectivity index (χ2v) is 10.1. The first-order valence-electron chi connectivity index (χ1n) is 13.6. The molecule has 0 saturated carbocycles. The normalized spacial score (nSPS) is 11.9. The van der Waals surface area contributed by atoms with Crippen molar-refractivity contribution in [3.05, 3.63) is 124 Å². The van der Waals surface area contributed by atoms with Crippen LogP contribution in [0, 0.1) is 29.1 Å². The molecule has 42 heavy (non-hydrogen) atoms. The molecule has 0 unspecified atom stereocenters. The largest absolute Gasteiger partial charge is 0.409 e. The molecule has 0 aliphatic heterocycles. The zero-order valence-electron chi connectivity index (χ0n) is 22.8. The van der Waals surface area contributed by atoms with Crippen molar-refractivity contribution in [2.24, 2.45) is 0 Å². The van der Waals surface area contributed by atoms with Crippen molar-refractivity contribution in [1.29, 1.82) is 0 Å². The summed E-state index contributed by atoms with van der Waals surface area (Å²) in [7, 11) is 0. The fraction of sp³-hybridized carbons (Fsp3) is 0.235. The topological polar surface area (TPSA) is 0 Å². The Labute approximate surface area is 239 Å². The highest BCUT2D eigenvalue weighted by atomic mass is 19.4. The molecule has 0 saturated heterocycles. The Morgan fingerprint density at radius 1 is 0.571 bits per heavy atom. The van der Waals surface area contributed by atoms with Gasteiger partial charge in [-0.05, 0) is 89.9 Å². The molecule has 0 spiro atoms. The fourth-order valence-electron chi connectivity index (χ4n) is 4.76. The number of unbranched alkanes of at least 4 members (excludes halogenated alkanes) is 2. The molecule has 0 amide bonds. The van der Waals surface area contributed by atoms with Gasteiger partial charge in [-0.3, -0.25) is 0 Å². The molecule has 0 aliphatic carbocycles. The number of alkyl halides is 3. The summed E-state index contributed by atoms with van der Waals surface area (Å²) in [6, 6.07) is 15.5. The number of allylic oxidation sites excluding steroid dienone is 1. The Kier molecular flexibility index (Phi) is 9.86. The molecule has 220 valence electrons. The highest BCUT2D eigenvalue weighted by Gasteiger charge is 2.24. The van der Waals surface area contributed by atoms with E-state index >= 15 is 13.2 Å². The van der Waals surface area contributed by atoms with E-state index in [4.69, 9.17) is 0 Å². The SMILES string of the molecule is CCCCCc1ccc(CCc2ccc(-c3cc(F)c(-c4cc(F)c(C=CC(F)(F)F)c(F)c4)c(F)c3)c(F)c2)cc1. The van der Waals surface area contributed by atoms with Crippen LogP contribution in [0.2, 0.25) is 0 Å². The van der Waals surface area contributed by atoms with Gasteiger partial charge < -0.3 is 0 Å². The monoisotopic (exact) mass is 588 g/mol. The molecular weight excluding hydrogens is 560 g/mol. The Hall–Kier alpha value is -3.94. The molecule has 0 aromatic heterocycles. The summed E-state index contributed by atoms with van der Waals surface area (Å²) in [6.45, 7) is 2.16. The lowest BCUT2D eigenvalue weighted by atomic mass is 9.96. The second kappa shape index (κ2) is 13.4. The summed E-state index contributed by atoms with van der Waals surface area (Å²) in [5.74, 6) is -5.99. The van der Waals surface area contributed by atoms with Gasteiger partial charge in [-0.1, -0.05) is 56.2 Å². The molecule has 4 aromatic carbocycles. The van der Waals surface area contributed by atoms with Crippen LogP contribution in [0.3, 0.4) is 0 Å². The molecule has 0 atom stereocenters. The lowest BCUT2D eigenvalue weighted by Crippen LogP contribution is -2.01. The third-order valence-electron chi connectivity index (χ3n) is 6.99. The number of halogens is 8. The quantitative estimate of drug-likeness (QED) is 0.128. The third-order valence-corrected chi connectivity index (χ3v) is 6.99. The van der Waals surface area contributed by atoms with E-state index in [1.807, 2.05) is 0 Å². The molecule has 0 nitrogen and oxygen atoms in total. The number of rotatable bonds is 10. The Morgan fingerprint density at radius 2 is 1.10 bits per heavy atom. The van der Waals surface area contributed by atoms with Crippen molar-refractivity contribution < 1.29 is 35.1 Å². The minimum absolute atomic E-state index is 0.0653. The van der Waals surface area contributed by atoms with Gasteiger partial charge in [0.25, 0.3) is 0 Å². The smallest absolute Gasteiger partial charge is 0.206 e. The Bertz CT molecular complexity index is 1520. The van der Waals surface area contributed by atoms with E-state index in [0.29, 0.717) is 30.5 Å². The van der Waals surface area contributed by atoms with E-state index in [2.05, 4.69) is 31.2 Å². The Morgan fingerprint density at radius 3 is 1.64 bits per heavy atom. The van der Waals surface area contributed by atoms with Crippen molar-refractivity contribution in [1.82, 2.24) is 0 Å². The standard InChI is InChI=1S/C34H28F8/c1-2-3-4-5-21-6-8-22(9-7-21)10-11-23-12-13-26(28(35)16-23)24-17-31(38)33(32(39)18-24)25-19-29(36)27(30(37)20-25)14-15-34(40,41)42/h6-9,12-20H,2-5,10-11H2,1H3. The average Bonchev–Trinajstić information content (AvgIpc) is 2.91. The van der Waals surface area contributed by atoms with Gasteiger partial charge in [0.15, 0.2) is 0 Å². The highest BCUT2D eigenvalue weighted by Crippen LogP contribution is 2.34. The summed E-state index contributed by atoms with van der Waals surface area (Å²) >= 11 is 0. The molecule has 0 radical (unpaired) electrons. The van der Waals surface area contributed by atoms with Crippen LogP contribution in [0.1, 0.15) is 48.4 Å². The van der Waals surface area contributed by atoms with Gasteiger partial charge in [0.05, 0.1) is 5.56 Å². The van der Waals surface area contributed by atoms with E-state index in [1.165, 1.54) is 24.1 Å². The molecule has 0 fully saturated rings. The maximum Gasteiger partial charge on any atom is 0.409 e. The third kappa shape index (κ3) is 7.87. The van der Waals surface area contributed by atoms with Crippen molar-refractivity contribution >= 4 is 6.08 Å². The predicted molar refractivity (Wildman–Crippen MR) is 149 cm³/mol. The van der Waals surface area contributed by atoms with Crippen LogP contribution in [-0.2, 0) is 19.3 Å². The van der Waals surface area contributed by atoms with Crippen LogP contribution in [0.25, 0.3) is 28.3 Å². The van der Waals surface area contributed by atoms with E-state index in [1.54, 1.807) is 6.07 Å². The van der Waals surface area contributed by atoms with Gasteiger partial charge in [-0.2, -0.15) is 13.2 Å². The summed E-state index contributed by atoms with van der Waals surface area (Å²) < 4.78 is 111. The van der Waals surface area contributed by atoms with E-state index in [9.17, 15) is 22.0 Å². The predicted octanol–water partition coefficient (Wildman–Crippen LogP) is 10.8. The minimum atomic E-state index is -4.81. The van der Waals surface area contributed by atoms with Crippen LogP contribution >= 0.6 is 0 Å². The lowest BCUT2D eigenvalue weighted by molar-refractivity contribution is -0.0790. The van der Waals surface area contributed by atoms with Gasteiger partial charge >= 0.3 is 6.18 Å². The molecular formula is C34H28F8. The second-order valence-electron chi connectivity index (χ2n) is 10.1. The van der Waals surface area contributed by atoms with Crippen LogP contribution in [0.5, 0.6) is 0 Å². The van der Waals surface area contributed by atoms with E-state index < -0.39 is 52.0 Å². The maximum absolute atomic E-state index is 15.0. The summed E-state index contributed by atoms with van der Waals surface area (Å²) in [5.41, 5.74) is 0.541. The lowest BCUT2D eigenvalue weighted by Gasteiger charge is -2.12. The molecule has 0 bridgehead atoms. The van der Waals surface area contributed by atoms with Gasteiger partial charge in [0, 0.05) is 17.2 Å². The summed E-state index contributed by atoms with van der Waals surface area (Å²) in [5, 5.41) is 0. The zero-order valence-corrected chi connectivity index (χ0v) is 22.8. The van der Waals surface area contributed by atoms with Gasteiger partial charge in [0.1, 0.15) is 29.1 Å². The highest BCUT2D eigenvalue weighted by molar-refractivity contribution is 5.73. The molecule has 4 aromatic rings. The van der Waals surface area contributed by atoms with Gasteiger partial charge in [-0.25, -0.2) is 22.0 Å². The number of benzene rings is 4. The first-order valence-corrected chi connectivity index (χ1v) is 13.6. The number of hydrogen-bond acceptors (Lipinski definition) is 0. The fourth-order valence-corrected chi connectivity index (χ4v) is 4.76. The van der Waals surface area contributed by atoms with Gasteiger partial charge in [-0.15, -0.1) is 0 Å². The maximum atomic E-state index is 15.0. The first kappa shape index (κ1) is 31.0. The van der Waals surface area contributed by atoms with Crippen molar-refractivity contribution in [3.8, 4) is 22.3 Å². The van der Waals surface area contributed by atoms with Crippen LogP contribution in [0.4, 0.5) is 35.1 Å². The zero-order chi connectivity index (χ0) is 30.4. The molecule has 0 heterocycles. The summed E-state index contributed by atoms with van der Waals surface area (Å²) in [6.07, 6.45) is 0.813. The van der Waals surface area contributed by atoms with Crippen molar-refractivity contribution in [2.75, 3.05) is 0 Å². The van der Waals surface area contributed by atoms with E-state index in [-0.39, 0.29) is 23.3 Å². The average molecular weight is 589 g/mol. The van der Waals surface area contributed by atoms with E-state index in [0.717, 1.165) is 37.0 Å². The molecule has 4 rings (SSSR count). The van der Waals surface area contributed by atoms with Crippen LogP contribution in [0.15, 0.2) is 72.8 Å². The number of hydrogen-bond donors (Lipinski definition) is 0. The number of aryl methyl sites for hydroxylation is 3. The van der Waals surface area contributed by atoms with Gasteiger partial charge in [0.2, 0.25) is 0 Å². The molecule has 8 heteroatoms. The van der Waals surface area contributed by atoms with Crippen LogP contribution < -0.4 is 0 Å². The van der Waals surface area contributed by atoms with Crippen molar-refractivity contribution in [3.63, 3.8) is 0 Å². The van der Waals surface area contributed by atoms with Crippen LogP contribution in [-0.4, -0.2) is 6.18 Å².